The summed E-state index contributed by atoms with van der Waals surface area (Å²) in [5.41, 5.74) is 5.32. The van der Waals surface area contributed by atoms with Crippen LogP contribution in [0.25, 0.3) is 11.1 Å². The molecule has 1 unspecified atom stereocenters. The first kappa shape index (κ1) is 22.7. The Morgan fingerprint density at radius 3 is 2.48 bits per heavy atom. The van der Waals surface area contributed by atoms with Gasteiger partial charge in [-0.25, -0.2) is 0 Å². The molecule has 0 saturated carbocycles. The Kier molecular flexibility index (Phi) is 7.61. The molecule has 0 heterocycles. The van der Waals surface area contributed by atoms with Crippen LogP contribution in [0.3, 0.4) is 0 Å². The molecule has 0 radical (unpaired) electrons. The second-order valence-electron chi connectivity index (χ2n) is 7.99. The third-order valence-corrected chi connectivity index (χ3v) is 5.69. The van der Waals surface area contributed by atoms with Gasteiger partial charge in [-0.2, -0.15) is 0 Å². The number of carbonyl (C=O) groups is 3. The Morgan fingerprint density at radius 1 is 0.968 bits per heavy atom. The number of rotatable bonds is 10. The van der Waals surface area contributed by atoms with Gasteiger partial charge in [0, 0.05) is 36.4 Å². The fraction of sp³-hybridized carbons (Fsp3) is 0.423. The number of unbranched alkanes of at least 4 members (excludes halogenated alkanes) is 1. The number of carbonyl (C=O) groups excluding carboxylic acids is 3. The quantitative estimate of drug-likeness (QED) is 0.385. The van der Waals surface area contributed by atoms with Crippen molar-refractivity contribution >= 4 is 23.3 Å². The number of hydrogen-bond acceptors (Lipinski definition) is 4. The molecule has 1 aliphatic rings. The van der Waals surface area contributed by atoms with Crippen molar-refractivity contribution in [3.05, 3.63) is 53.1 Å². The molecule has 0 aromatic heterocycles. The third kappa shape index (κ3) is 5.04. The van der Waals surface area contributed by atoms with Crippen molar-refractivity contribution in [3.8, 4) is 11.1 Å². The van der Waals surface area contributed by atoms with Gasteiger partial charge in [-0.1, -0.05) is 51.5 Å². The van der Waals surface area contributed by atoms with Crippen LogP contribution in [0.2, 0.25) is 0 Å². The Balaban J connectivity index is 2.03. The highest BCUT2D eigenvalue weighted by Gasteiger charge is 2.33. The van der Waals surface area contributed by atoms with Crippen LogP contribution in [0, 0.1) is 0 Å². The van der Waals surface area contributed by atoms with Gasteiger partial charge in [0.1, 0.15) is 6.61 Å². The van der Waals surface area contributed by atoms with Crippen molar-refractivity contribution in [1.29, 1.82) is 0 Å². The summed E-state index contributed by atoms with van der Waals surface area (Å²) in [6.07, 6.45) is 3.90. The summed E-state index contributed by atoms with van der Waals surface area (Å²) in [6, 6.07) is 11.6. The van der Waals surface area contributed by atoms with Crippen molar-refractivity contribution in [1.82, 2.24) is 0 Å². The van der Waals surface area contributed by atoms with Gasteiger partial charge in [0.05, 0.1) is 0 Å². The fourth-order valence-corrected chi connectivity index (χ4v) is 4.10. The van der Waals surface area contributed by atoms with Crippen LogP contribution in [-0.4, -0.2) is 24.3 Å². The zero-order chi connectivity index (χ0) is 22.4. The molecule has 1 aliphatic carbocycles. The lowest BCUT2D eigenvalue weighted by molar-refractivity contribution is -0.143. The lowest BCUT2D eigenvalue weighted by atomic mass is 9.93. The fourth-order valence-electron chi connectivity index (χ4n) is 4.10. The number of Topliss-reactive ketones (excluding diaryl/α,β-unsaturated/α-hetero) is 1. The molecule has 0 saturated heterocycles. The standard InChI is InChI=1S/C26H31NO4/c1-4-7-12-23(28)20-11-8-10-18-22(16-31-25(30)6-3)21-15-17(27-24(29)9-5-2)13-14-19(21)26(18)20/h8,10-11,13-15,22H,4-7,9,12,16H2,1-3H3,(H,27,29). The first-order valence-electron chi connectivity index (χ1n) is 11.3. The van der Waals surface area contributed by atoms with Crippen LogP contribution in [0.1, 0.15) is 86.7 Å². The summed E-state index contributed by atoms with van der Waals surface area (Å²) in [4.78, 5) is 36.9. The van der Waals surface area contributed by atoms with Crippen LogP contribution in [0.15, 0.2) is 36.4 Å². The lowest BCUT2D eigenvalue weighted by Crippen LogP contribution is -2.13. The van der Waals surface area contributed by atoms with Crippen LogP contribution in [0.5, 0.6) is 0 Å². The minimum Gasteiger partial charge on any atom is -0.465 e. The maximum absolute atomic E-state index is 12.9. The van der Waals surface area contributed by atoms with Gasteiger partial charge in [0.25, 0.3) is 0 Å². The van der Waals surface area contributed by atoms with Crippen LogP contribution >= 0.6 is 0 Å². The summed E-state index contributed by atoms with van der Waals surface area (Å²) in [5, 5.41) is 2.95. The SMILES string of the molecule is CCCCC(=O)c1cccc2c1-c1ccc(NC(=O)CCC)cc1C2COC(=O)CC. The van der Waals surface area contributed by atoms with E-state index in [1.807, 2.05) is 43.3 Å². The molecular weight excluding hydrogens is 390 g/mol. The molecule has 0 spiro atoms. The maximum Gasteiger partial charge on any atom is 0.305 e. The lowest BCUT2D eigenvalue weighted by Gasteiger charge is -2.15. The molecule has 2 aromatic carbocycles. The molecule has 0 aliphatic heterocycles. The maximum atomic E-state index is 12.9. The van der Waals surface area contributed by atoms with Gasteiger partial charge in [-0.3, -0.25) is 14.4 Å². The van der Waals surface area contributed by atoms with E-state index in [1.165, 1.54) is 0 Å². The normalized spacial score (nSPS) is 14.0. The molecule has 5 nitrogen and oxygen atoms in total. The van der Waals surface area contributed by atoms with E-state index in [0.717, 1.165) is 52.8 Å². The van der Waals surface area contributed by atoms with Crippen LogP contribution in [0.4, 0.5) is 5.69 Å². The summed E-state index contributed by atoms with van der Waals surface area (Å²) < 4.78 is 5.50. The first-order valence-corrected chi connectivity index (χ1v) is 11.3. The van der Waals surface area contributed by atoms with Gasteiger partial charge >= 0.3 is 5.97 Å². The number of nitrogens with one attached hydrogen (secondary N) is 1. The van der Waals surface area contributed by atoms with Crippen molar-refractivity contribution in [2.75, 3.05) is 11.9 Å². The zero-order valence-electron chi connectivity index (χ0n) is 18.6. The Labute approximate surface area is 184 Å². The minimum atomic E-state index is -0.252. The second kappa shape index (κ2) is 10.4. The highest BCUT2D eigenvalue weighted by Crippen LogP contribution is 2.47. The van der Waals surface area contributed by atoms with Gasteiger partial charge in [-0.15, -0.1) is 0 Å². The van der Waals surface area contributed by atoms with Gasteiger partial charge in [0.15, 0.2) is 5.78 Å². The third-order valence-electron chi connectivity index (χ3n) is 5.69. The van der Waals surface area contributed by atoms with Crippen LogP contribution < -0.4 is 5.32 Å². The number of amides is 1. The predicted octanol–water partition coefficient (Wildman–Crippen LogP) is 5.86. The molecule has 1 atom stereocenters. The average Bonchev–Trinajstić information content (AvgIpc) is 3.08. The van der Waals surface area contributed by atoms with E-state index in [1.54, 1.807) is 6.92 Å². The molecular formula is C26H31NO4. The zero-order valence-corrected chi connectivity index (χ0v) is 18.6. The number of fused-ring (bicyclic) bond motifs is 3. The highest BCUT2D eigenvalue weighted by atomic mass is 16.5. The summed E-state index contributed by atoms with van der Waals surface area (Å²) >= 11 is 0. The van der Waals surface area contributed by atoms with Crippen molar-refractivity contribution in [2.24, 2.45) is 0 Å². The molecule has 2 aromatic rings. The van der Waals surface area contributed by atoms with Gasteiger partial charge in [0.2, 0.25) is 5.91 Å². The molecule has 1 amide bonds. The van der Waals surface area contributed by atoms with E-state index < -0.39 is 0 Å². The summed E-state index contributed by atoms with van der Waals surface area (Å²) in [6.45, 7) is 6.02. The van der Waals surface area contributed by atoms with Gasteiger partial charge in [-0.05, 0) is 47.2 Å². The molecule has 3 rings (SSSR count). The van der Waals surface area contributed by atoms with Crippen molar-refractivity contribution < 1.29 is 19.1 Å². The molecule has 164 valence electrons. The molecule has 0 bridgehead atoms. The first-order chi connectivity index (χ1) is 15.0. The Morgan fingerprint density at radius 2 is 1.77 bits per heavy atom. The number of anilines is 1. The molecule has 0 fully saturated rings. The predicted molar refractivity (Wildman–Crippen MR) is 122 cm³/mol. The number of ether oxygens (including phenoxy) is 1. The Bertz CT molecular complexity index is 979. The monoisotopic (exact) mass is 421 g/mol. The molecule has 5 heteroatoms. The van der Waals surface area contributed by atoms with E-state index in [9.17, 15) is 14.4 Å². The van der Waals surface area contributed by atoms with Crippen molar-refractivity contribution in [3.63, 3.8) is 0 Å². The topological polar surface area (TPSA) is 72.5 Å². The number of esters is 1. The number of hydrogen-bond donors (Lipinski definition) is 1. The largest absolute Gasteiger partial charge is 0.465 e. The minimum absolute atomic E-state index is 0.0256. The van der Waals surface area contributed by atoms with E-state index in [-0.39, 0.29) is 30.2 Å². The Hall–Kier alpha value is -2.95. The van der Waals surface area contributed by atoms with E-state index >= 15 is 0 Å². The van der Waals surface area contributed by atoms with E-state index in [2.05, 4.69) is 12.2 Å². The molecule has 1 N–H and O–H groups in total. The number of benzene rings is 2. The van der Waals surface area contributed by atoms with Gasteiger partial charge < -0.3 is 10.1 Å². The smallest absolute Gasteiger partial charge is 0.305 e. The van der Waals surface area contributed by atoms with E-state index in [4.69, 9.17) is 4.74 Å². The van der Waals surface area contributed by atoms with E-state index in [0.29, 0.717) is 19.3 Å². The second-order valence-corrected chi connectivity index (χ2v) is 7.99. The highest BCUT2D eigenvalue weighted by molar-refractivity contribution is 6.05. The van der Waals surface area contributed by atoms with Crippen LogP contribution in [-0.2, 0) is 14.3 Å². The number of ketones is 1. The summed E-state index contributed by atoms with van der Waals surface area (Å²) in [5.74, 6) is -0.307. The van der Waals surface area contributed by atoms with Crippen molar-refractivity contribution in [2.45, 2.75) is 65.2 Å². The average molecular weight is 422 g/mol. The summed E-state index contributed by atoms with van der Waals surface area (Å²) in [7, 11) is 0. The molecule has 31 heavy (non-hydrogen) atoms.